The molecule has 4 rings (SSSR count). The molecule has 0 N–H and O–H groups in total. The number of halogens is 1. The molecule has 0 bridgehead atoms. The molecule has 4 aromatic rings. The molecule has 0 unspecified atom stereocenters. The summed E-state index contributed by atoms with van der Waals surface area (Å²) in [6.45, 7) is 5.10. The minimum atomic E-state index is 0.744. The molecule has 4 heteroatoms. The van der Waals surface area contributed by atoms with Crippen LogP contribution in [0.4, 0.5) is 0 Å². The molecule has 23 heavy (non-hydrogen) atoms. The summed E-state index contributed by atoms with van der Waals surface area (Å²) in [4.78, 5) is 8.60. The molecule has 3 nitrogen and oxygen atoms in total. The molecule has 114 valence electrons. The third-order valence-electron chi connectivity index (χ3n) is 4.32. The van der Waals surface area contributed by atoms with Crippen molar-refractivity contribution in [2.24, 2.45) is 0 Å². The van der Waals surface area contributed by atoms with Gasteiger partial charge in [0.2, 0.25) is 0 Å². The second-order valence-corrected chi connectivity index (χ2v) is 6.06. The van der Waals surface area contributed by atoms with E-state index in [4.69, 9.17) is 11.6 Å². The van der Waals surface area contributed by atoms with E-state index >= 15 is 0 Å². The molecule has 3 aromatic heterocycles. The van der Waals surface area contributed by atoms with Crippen LogP contribution in [0, 0.1) is 6.92 Å². The predicted molar refractivity (Wildman–Crippen MR) is 95.9 cm³/mol. The number of aromatic nitrogens is 3. The summed E-state index contributed by atoms with van der Waals surface area (Å²) >= 11 is 6.43. The quantitative estimate of drug-likeness (QED) is 0.506. The second kappa shape index (κ2) is 5.36. The van der Waals surface area contributed by atoms with Gasteiger partial charge in [-0.15, -0.1) is 0 Å². The Labute approximate surface area is 139 Å². The van der Waals surface area contributed by atoms with Crippen LogP contribution in [0.1, 0.15) is 12.6 Å². The van der Waals surface area contributed by atoms with Crippen LogP contribution in [0.2, 0.25) is 5.02 Å². The van der Waals surface area contributed by atoms with Gasteiger partial charge in [0.1, 0.15) is 0 Å². The minimum Gasteiger partial charge on any atom is -0.339 e. The molecule has 0 fully saturated rings. The summed E-state index contributed by atoms with van der Waals surface area (Å²) in [7, 11) is 0. The topological polar surface area (TPSA) is 30.7 Å². The maximum absolute atomic E-state index is 6.43. The Balaban J connectivity index is 2.25. The van der Waals surface area contributed by atoms with Gasteiger partial charge in [-0.2, -0.15) is 0 Å². The predicted octanol–water partition coefficient (Wildman–Crippen LogP) is 5.23. The Hall–Kier alpha value is -2.39. The van der Waals surface area contributed by atoms with E-state index < -0.39 is 0 Å². The molecule has 3 heterocycles. The zero-order valence-corrected chi connectivity index (χ0v) is 13.8. The van der Waals surface area contributed by atoms with E-state index in [1.807, 2.05) is 36.8 Å². The molecule has 0 amide bonds. The first-order valence-corrected chi connectivity index (χ1v) is 8.06. The molecule has 0 aliphatic carbocycles. The van der Waals surface area contributed by atoms with Crippen LogP contribution in [0.3, 0.4) is 0 Å². The Morgan fingerprint density at radius 2 is 1.78 bits per heavy atom. The van der Waals surface area contributed by atoms with Crippen molar-refractivity contribution >= 4 is 33.4 Å². The first-order chi connectivity index (χ1) is 11.2. The lowest BCUT2D eigenvalue weighted by atomic mass is 10.0. The van der Waals surface area contributed by atoms with E-state index in [1.165, 1.54) is 21.8 Å². The SMILES string of the molecule is CCn1c2c(-c3ccncc3)cc(Cl)cc2c2ccnc(C)c21. The largest absolute Gasteiger partial charge is 0.339 e. The van der Waals surface area contributed by atoms with E-state index in [1.54, 1.807) is 0 Å². The van der Waals surface area contributed by atoms with Gasteiger partial charge < -0.3 is 4.57 Å². The number of aryl methyl sites for hydroxylation is 2. The van der Waals surface area contributed by atoms with Crippen LogP contribution in [-0.2, 0) is 6.54 Å². The molecule has 0 aliphatic heterocycles. The summed E-state index contributed by atoms with van der Waals surface area (Å²) in [5.41, 5.74) is 5.68. The lowest BCUT2D eigenvalue weighted by molar-refractivity contribution is 0.822. The van der Waals surface area contributed by atoms with E-state index in [-0.39, 0.29) is 0 Å². The first kappa shape index (κ1) is 14.2. The smallest absolute Gasteiger partial charge is 0.0707 e. The summed E-state index contributed by atoms with van der Waals surface area (Å²) < 4.78 is 2.33. The van der Waals surface area contributed by atoms with Crippen molar-refractivity contribution in [2.75, 3.05) is 0 Å². The van der Waals surface area contributed by atoms with Crippen molar-refractivity contribution in [3.63, 3.8) is 0 Å². The van der Waals surface area contributed by atoms with Gasteiger partial charge in [-0.1, -0.05) is 11.6 Å². The highest BCUT2D eigenvalue weighted by molar-refractivity contribution is 6.32. The fraction of sp³-hybridized carbons (Fsp3) is 0.158. The Bertz CT molecular complexity index is 1020. The Kier molecular flexibility index (Phi) is 3.31. The van der Waals surface area contributed by atoms with Gasteiger partial charge in [0.15, 0.2) is 0 Å². The van der Waals surface area contributed by atoms with Gasteiger partial charge in [0.05, 0.1) is 16.7 Å². The van der Waals surface area contributed by atoms with Crippen molar-refractivity contribution in [1.29, 1.82) is 0 Å². The summed E-state index contributed by atoms with van der Waals surface area (Å²) in [5.74, 6) is 0. The number of benzene rings is 1. The summed E-state index contributed by atoms with van der Waals surface area (Å²) in [6, 6.07) is 10.2. The lowest BCUT2D eigenvalue weighted by Crippen LogP contribution is -1.97. The van der Waals surface area contributed by atoms with Crippen molar-refractivity contribution in [3.8, 4) is 11.1 Å². The van der Waals surface area contributed by atoms with Crippen LogP contribution >= 0.6 is 11.6 Å². The van der Waals surface area contributed by atoms with E-state index in [2.05, 4.69) is 40.5 Å². The van der Waals surface area contributed by atoms with Gasteiger partial charge in [-0.25, -0.2) is 0 Å². The second-order valence-electron chi connectivity index (χ2n) is 5.62. The lowest BCUT2D eigenvalue weighted by Gasteiger charge is -2.10. The number of nitrogens with zero attached hydrogens (tertiary/aromatic N) is 3. The van der Waals surface area contributed by atoms with Crippen molar-refractivity contribution in [2.45, 2.75) is 20.4 Å². The number of fused-ring (bicyclic) bond motifs is 3. The third kappa shape index (κ3) is 2.12. The average Bonchev–Trinajstić information content (AvgIpc) is 2.90. The monoisotopic (exact) mass is 321 g/mol. The Morgan fingerprint density at radius 1 is 1.00 bits per heavy atom. The third-order valence-corrected chi connectivity index (χ3v) is 4.54. The molecule has 0 saturated carbocycles. The summed E-state index contributed by atoms with van der Waals surface area (Å²) in [6.07, 6.45) is 5.49. The van der Waals surface area contributed by atoms with Crippen LogP contribution in [0.5, 0.6) is 0 Å². The van der Waals surface area contributed by atoms with Gasteiger partial charge in [0.25, 0.3) is 0 Å². The molecular formula is C19H16ClN3. The average molecular weight is 322 g/mol. The van der Waals surface area contributed by atoms with Gasteiger partial charge in [-0.3, -0.25) is 9.97 Å². The standard InChI is InChI=1S/C19H16ClN3/c1-3-23-18-12(2)22-9-6-15(18)17-11-14(20)10-16(19(17)23)13-4-7-21-8-5-13/h4-11H,3H2,1-2H3. The van der Waals surface area contributed by atoms with E-state index in [0.717, 1.165) is 28.4 Å². The zero-order chi connectivity index (χ0) is 16.0. The van der Waals surface area contributed by atoms with Crippen LogP contribution in [0.25, 0.3) is 32.9 Å². The van der Waals surface area contributed by atoms with Crippen LogP contribution in [-0.4, -0.2) is 14.5 Å². The number of rotatable bonds is 2. The van der Waals surface area contributed by atoms with E-state index in [0.29, 0.717) is 0 Å². The molecule has 1 aromatic carbocycles. The number of hydrogen-bond acceptors (Lipinski definition) is 2. The number of hydrogen-bond donors (Lipinski definition) is 0. The van der Waals surface area contributed by atoms with Crippen molar-refractivity contribution < 1.29 is 0 Å². The van der Waals surface area contributed by atoms with Gasteiger partial charge >= 0.3 is 0 Å². The highest BCUT2D eigenvalue weighted by atomic mass is 35.5. The molecule has 0 spiro atoms. The molecule has 0 radical (unpaired) electrons. The van der Waals surface area contributed by atoms with Gasteiger partial charge in [-0.05, 0) is 49.7 Å². The zero-order valence-electron chi connectivity index (χ0n) is 13.0. The number of pyridine rings is 2. The first-order valence-electron chi connectivity index (χ1n) is 7.68. The van der Waals surface area contributed by atoms with Crippen LogP contribution in [0.15, 0.2) is 48.9 Å². The van der Waals surface area contributed by atoms with Crippen LogP contribution < -0.4 is 0 Å². The molecule has 0 aliphatic rings. The maximum atomic E-state index is 6.43. The van der Waals surface area contributed by atoms with Crippen molar-refractivity contribution in [3.05, 3.63) is 59.6 Å². The molecule has 0 atom stereocenters. The Morgan fingerprint density at radius 3 is 2.52 bits per heavy atom. The minimum absolute atomic E-state index is 0.744. The molecular weight excluding hydrogens is 306 g/mol. The fourth-order valence-electron chi connectivity index (χ4n) is 3.39. The maximum Gasteiger partial charge on any atom is 0.0707 e. The van der Waals surface area contributed by atoms with Gasteiger partial charge in [0, 0.05) is 46.5 Å². The highest BCUT2D eigenvalue weighted by Gasteiger charge is 2.17. The van der Waals surface area contributed by atoms with E-state index in [9.17, 15) is 0 Å². The highest BCUT2D eigenvalue weighted by Crippen LogP contribution is 2.38. The normalized spacial score (nSPS) is 11.4. The van der Waals surface area contributed by atoms with Crippen molar-refractivity contribution in [1.82, 2.24) is 14.5 Å². The summed E-state index contributed by atoms with van der Waals surface area (Å²) in [5, 5.41) is 3.12. The molecule has 0 saturated heterocycles. The fourth-order valence-corrected chi connectivity index (χ4v) is 3.61.